The van der Waals surface area contributed by atoms with E-state index in [-0.39, 0.29) is 5.82 Å². The minimum Gasteiger partial charge on any atom is -0.492 e. The predicted octanol–water partition coefficient (Wildman–Crippen LogP) is 4.10. The number of rotatable bonds is 5. The highest BCUT2D eigenvalue weighted by Crippen LogP contribution is 2.33. The first-order chi connectivity index (χ1) is 9.83. The molecule has 2 heterocycles. The first-order valence-corrected chi connectivity index (χ1v) is 7.87. The van der Waals surface area contributed by atoms with Crippen molar-refractivity contribution in [1.29, 1.82) is 0 Å². The Morgan fingerprint density at radius 2 is 2.10 bits per heavy atom. The molecule has 0 aliphatic carbocycles. The molecule has 0 radical (unpaired) electrons. The summed E-state index contributed by atoms with van der Waals surface area (Å²) in [6, 6.07) is 11.1. The molecule has 0 amide bonds. The molecule has 0 bridgehead atoms. The van der Waals surface area contributed by atoms with Crippen LogP contribution in [0.3, 0.4) is 0 Å². The van der Waals surface area contributed by atoms with E-state index < -0.39 is 0 Å². The van der Waals surface area contributed by atoms with Crippen LogP contribution in [0.1, 0.15) is 23.8 Å². The molecule has 4 heteroatoms. The van der Waals surface area contributed by atoms with Crippen molar-refractivity contribution in [3.8, 4) is 5.75 Å². The quantitative estimate of drug-likeness (QED) is 0.822. The average molecular weight is 291 g/mol. The van der Waals surface area contributed by atoms with Gasteiger partial charge < -0.3 is 4.74 Å². The van der Waals surface area contributed by atoms with E-state index in [1.165, 1.54) is 29.9 Å². The highest BCUT2D eigenvalue weighted by molar-refractivity contribution is 7.10. The van der Waals surface area contributed by atoms with Crippen LogP contribution in [0.4, 0.5) is 4.39 Å². The maximum absolute atomic E-state index is 12.8. The number of likely N-dealkylation sites (tertiary alicyclic amines) is 1. The van der Waals surface area contributed by atoms with E-state index in [1.54, 1.807) is 12.1 Å². The molecule has 1 fully saturated rings. The third-order valence-corrected chi connectivity index (χ3v) is 4.67. The minimum absolute atomic E-state index is 0.227. The van der Waals surface area contributed by atoms with Crippen LogP contribution in [0.25, 0.3) is 0 Å². The lowest BCUT2D eigenvalue weighted by molar-refractivity contribution is 0.199. The molecule has 0 saturated carbocycles. The molecule has 2 nitrogen and oxygen atoms in total. The van der Waals surface area contributed by atoms with Crippen molar-refractivity contribution < 1.29 is 9.13 Å². The Morgan fingerprint density at radius 1 is 1.25 bits per heavy atom. The molecule has 106 valence electrons. The van der Waals surface area contributed by atoms with E-state index in [1.807, 2.05) is 11.3 Å². The topological polar surface area (TPSA) is 12.5 Å². The predicted molar refractivity (Wildman–Crippen MR) is 79.8 cm³/mol. The average Bonchev–Trinajstić information content (AvgIpc) is 3.11. The van der Waals surface area contributed by atoms with Gasteiger partial charge in [0.25, 0.3) is 0 Å². The lowest BCUT2D eigenvalue weighted by Gasteiger charge is -2.23. The maximum atomic E-state index is 12.8. The van der Waals surface area contributed by atoms with Gasteiger partial charge in [0.1, 0.15) is 18.2 Å². The fraction of sp³-hybridized carbons (Fsp3) is 0.375. The van der Waals surface area contributed by atoms with Crippen molar-refractivity contribution in [2.45, 2.75) is 18.9 Å². The summed E-state index contributed by atoms with van der Waals surface area (Å²) in [7, 11) is 0. The molecule has 20 heavy (non-hydrogen) atoms. The Balaban J connectivity index is 1.51. The van der Waals surface area contributed by atoms with Gasteiger partial charge in [0.15, 0.2) is 0 Å². The minimum atomic E-state index is -0.227. The zero-order valence-electron chi connectivity index (χ0n) is 11.3. The van der Waals surface area contributed by atoms with Gasteiger partial charge in [-0.05, 0) is 55.1 Å². The van der Waals surface area contributed by atoms with Crippen LogP contribution in [-0.2, 0) is 0 Å². The lowest BCUT2D eigenvalue weighted by atomic mass is 10.2. The van der Waals surface area contributed by atoms with Gasteiger partial charge >= 0.3 is 0 Å². The van der Waals surface area contributed by atoms with Crippen LogP contribution in [0, 0.1) is 5.82 Å². The summed E-state index contributed by atoms with van der Waals surface area (Å²) < 4.78 is 18.5. The van der Waals surface area contributed by atoms with Gasteiger partial charge in [-0.2, -0.15) is 0 Å². The SMILES string of the molecule is Fc1ccc(OCCN2CCCC2c2cccs2)cc1. The highest BCUT2D eigenvalue weighted by Gasteiger charge is 2.26. The second-order valence-electron chi connectivity index (χ2n) is 5.01. The van der Waals surface area contributed by atoms with Crippen molar-refractivity contribution in [1.82, 2.24) is 4.90 Å². The number of benzene rings is 1. The van der Waals surface area contributed by atoms with E-state index in [0.717, 1.165) is 18.8 Å². The second-order valence-corrected chi connectivity index (χ2v) is 5.99. The second kappa shape index (κ2) is 6.37. The zero-order valence-corrected chi connectivity index (χ0v) is 12.1. The molecule has 1 aromatic heterocycles. The number of thiophene rings is 1. The summed E-state index contributed by atoms with van der Waals surface area (Å²) in [6.07, 6.45) is 2.48. The van der Waals surface area contributed by atoms with E-state index in [4.69, 9.17) is 4.74 Å². The monoisotopic (exact) mass is 291 g/mol. The molecule has 1 saturated heterocycles. The summed E-state index contributed by atoms with van der Waals surface area (Å²) in [5, 5.41) is 2.14. The maximum Gasteiger partial charge on any atom is 0.123 e. The van der Waals surface area contributed by atoms with Crippen LogP contribution in [0.5, 0.6) is 5.75 Å². The molecule has 1 unspecified atom stereocenters. The molecular formula is C16H18FNOS. The Labute approximate surface area is 122 Å². The van der Waals surface area contributed by atoms with Gasteiger partial charge in [0.2, 0.25) is 0 Å². The first-order valence-electron chi connectivity index (χ1n) is 6.99. The molecule has 3 rings (SSSR count). The fourth-order valence-corrected chi connectivity index (χ4v) is 3.60. The third kappa shape index (κ3) is 3.19. The Morgan fingerprint density at radius 3 is 2.85 bits per heavy atom. The lowest BCUT2D eigenvalue weighted by Crippen LogP contribution is -2.27. The van der Waals surface area contributed by atoms with Crippen molar-refractivity contribution in [2.75, 3.05) is 19.7 Å². The van der Waals surface area contributed by atoms with Crippen LogP contribution < -0.4 is 4.74 Å². The normalized spacial score (nSPS) is 19.4. The molecule has 0 spiro atoms. The van der Waals surface area contributed by atoms with Crippen LogP contribution in [0.15, 0.2) is 41.8 Å². The number of hydrogen-bond donors (Lipinski definition) is 0. The molecule has 1 aromatic carbocycles. The Hall–Kier alpha value is -1.39. The van der Waals surface area contributed by atoms with Gasteiger partial charge in [-0.15, -0.1) is 11.3 Å². The fourth-order valence-electron chi connectivity index (χ4n) is 2.71. The largest absolute Gasteiger partial charge is 0.492 e. The van der Waals surface area contributed by atoms with Crippen molar-refractivity contribution in [3.05, 3.63) is 52.5 Å². The molecule has 1 aliphatic rings. The molecule has 1 aliphatic heterocycles. The first kappa shape index (κ1) is 13.6. The van der Waals surface area contributed by atoms with E-state index in [2.05, 4.69) is 22.4 Å². The summed E-state index contributed by atoms with van der Waals surface area (Å²) in [5.41, 5.74) is 0. The van der Waals surface area contributed by atoms with E-state index in [0.29, 0.717) is 12.6 Å². The number of halogens is 1. The van der Waals surface area contributed by atoms with Gasteiger partial charge in [-0.25, -0.2) is 4.39 Å². The number of nitrogens with zero attached hydrogens (tertiary/aromatic N) is 1. The standard InChI is InChI=1S/C16H18FNOS/c17-13-5-7-14(8-6-13)19-11-10-18-9-1-3-15(18)16-4-2-12-20-16/h2,4-8,12,15H,1,3,9-11H2. The summed E-state index contributed by atoms with van der Waals surface area (Å²) in [5.74, 6) is 0.507. The summed E-state index contributed by atoms with van der Waals surface area (Å²) in [4.78, 5) is 3.93. The van der Waals surface area contributed by atoms with Crippen LogP contribution >= 0.6 is 11.3 Å². The molecule has 0 N–H and O–H groups in total. The van der Waals surface area contributed by atoms with Gasteiger partial charge in [-0.3, -0.25) is 4.90 Å². The zero-order chi connectivity index (χ0) is 13.8. The van der Waals surface area contributed by atoms with Crippen LogP contribution in [-0.4, -0.2) is 24.6 Å². The van der Waals surface area contributed by atoms with Crippen molar-refractivity contribution in [2.24, 2.45) is 0 Å². The number of hydrogen-bond acceptors (Lipinski definition) is 3. The van der Waals surface area contributed by atoms with Crippen molar-refractivity contribution >= 4 is 11.3 Å². The third-order valence-electron chi connectivity index (χ3n) is 3.70. The van der Waals surface area contributed by atoms with Gasteiger partial charge in [0, 0.05) is 17.5 Å². The number of ether oxygens (including phenoxy) is 1. The van der Waals surface area contributed by atoms with Gasteiger partial charge in [-0.1, -0.05) is 6.07 Å². The van der Waals surface area contributed by atoms with Crippen molar-refractivity contribution in [3.63, 3.8) is 0 Å². The molecule has 2 aromatic rings. The molecule has 1 atom stereocenters. The van der Waals surface area contributed by atoms with E-state index >= 15 is 0 Å². The van der Waals surface area contributed by atoms with Crippen LogP contribution in [0.2, 0.25) is 0 Å². The Kier molecular flexibility index (Phi) is 4.33. The highest BCUT2D eigenvalue weighted by atomic mass is 32.1. The smallest absolute Gasteiger partial charge is 0.123 e. The van der Waals surface area contributed by atoms with Gasteiger partial charge in [0.05, 0.1) is 0 Å². The summed E-state index contributed by atoms with van der Waals surface area (Å²) in [6.45, 7) is 2.70. The summed E-state index contributed by atoms with van der Waals surface area (Å²) >= 11 is 1.83. The van der Waals surface area contributed by atoms with E-state index in [9.17, 15) is 4.39 Å². The molecular weight excluding hydrogens is 273 g/mol. The Bertz CT molecular complexity index is 526.